The third-order valence-corrected chi connectivity index (χ3v) is 4.25. The Morgan fingerprint density at radius 3 is 2.88 bits per heavy atom. The normalized spacial score (nSPS) is 20.0. The molecule has 2 aromatic rings. The lowest BCUT2D eigenvalue weighted by atomic mass is 10.2. The number of carbonyl (C=O) groups is 1. The summed E-state index contributed by atoms with van der Waals surface area (Å²) < 4.78 is 11.0. The minimum atomic E-state index is -0.659. The first-order valence-electron chi connectivity index (χ1n) is 8.42. The molecule has 9 heteroatoms. The molecule has 0 bridgehead atoms. The summed E-state index contributed by atoms with van der Waals surface area (Å²) in [4.78, 5) is 18.5. The van der Waals surface area contributed by atoms with Crippen LogP contribution >= 0.6 is 11.6 Å². The number of rotatable bonds is 5. The Balaban J connectivity index is 1.80. The SMILES string of the molecule is Cc1nnc([C@H]2C[C@@H](O)CN2C(=O)c2cnc(OCC(C)C)c(Cl)c2)o1. The third kappa shape index (κ3) is 3.96. The fourth-order valence-corrected chi connectivity index (χ4v) is 3.00. The highest BCUT2D eigenvalue weighted by Gasteiger charge is 2.39. The van der Waals surface area contributed by atoms with Crippen molar-refractivity contribution in [3.8, 4) is 5.88 Å². The molecule has 8 nitrogen and oxygen atoms in total. The summed E-state index contributed by atoms with van der Waals surface area (Å²) in [6.07, 6.45) is 1.10. The molecule has 1 saturated heterocycles. The number of hydrogen-bond donors (Lipinski definition) is 1. The zero-order chi connectivity index (χ0) is 18.8. The minimum absolute atomic E-state index is 0.175. The van der Waals surface area contributed by atoms with E-state index in [9.17, 15) is 9.90 Å². The van der Waals surface area contributed by atoms with Crippen LogP contribution in [0.1, 0.15) is 48.4 Å². The molecule has 26 heavy (non-hydrogen) atoms. The van der Waals surface area contributed by atoms with Crippen molar-refractivity contribution >= 4 is 17.5 Å². The van der Waals surface area contributed by atoms with Crippen LogP contribution in [0.4, 0.5) is 0 Å². The van der Waals surface area contributed by atoms with E-state index in [1.54, 1.807) is 6.92 Å². The number of likely N-dealkylation sites (tertiary alicyclic amines) is 1. The van der Waals surface area contributed by atoms with E-state index in [0.29, 0.717) is 42.2 Å². The lowest BCUT2D eigenvalue weighted by Gasteiger charge is -2.22. The van der Waals surface area contributed by atoms with Crippen LogP contribution in [0.3, 0.4) is 0 Å². The number of hydrogen-bond acceptors (Lipinski definition) is 7. The number of aliphatic hydroxyl groups excluding tert-OH is 1. The lowest BCUT2D eigenvalue weighted by Crippen LogP contribution is -2.32. The number of β-amino-alcohol motifs (C(OH)–C–C–N with tert-alkyl or cyclic N) is 1. The standard InChI is InChI=1S/C17H21ClN4O4/c1-9(2)8-25-15-13(18)4-11(6-19-15)17(24)22-7-12(23)5-14(22)16-21-20-10(3)26-16/h4,6,9,12,14,23H,5,7-8H2,1-3H3/t12-,14-/m1/s1. The van der Waals surface area contributed by atoms with Gasteiger partial charge in [0.1, 0.15) is 11.1 Å². The Hall–Kier alpha value is -2.19. The predicted molar refractivity (Wildman–Crippen MR) is 93.0 cm³/mol. The molecule has 0 radical (unpaired) electrons. The number of nitrogens with zero attached hydrogens (tertiary/aromatic N) is 4. The molecule has 140 valence electrons. The second kappa shape index (κ2) is 7.59. The van der Waals surface area contributed by atoms with Gasteiger partial charge in [0.2, 0.25) is 17.7 Å². The maximum atomic E-state index is 12.9. The molecule has 3 heterocycles. The van der Waals surface area contributed by atoms with Gasteiger partial charge >= 0.3 is 0 Å². The van der Waals surface area contributed by atoms with E-state index in [1.165, 1.54) is 17.2 Å². The fourth-order valence-electron chi connectivity index (χ4n) is 2.78. The molecule has 1 N–H and O–H groups in total. The Morgan fingerprint density at radius 1 is 1.50 bits per heavy atom. The van der Waals surface area contributed by atoms with Gasteiger partial charge in [0.05, 0.1) is 18.3 Å². The summed E-state index contributed by atoms with van der Waals surface area (Å²) in [5.41, 5.74) is 0.308. The molecule has 2 aromatic heterocycles. The second-order valence-electron chi connectivity index (χ2n) is 6.74. The topological polar surface area (TPSA) is 102 Å². The molecule has 1 fully saturated rings. The van der Waals surface area contributed by atoms with E-state index < -0.39 is 12.1 Å². The molecular formula is C17H21ClN4O4. The van der Waals surface area contributed by atoms with Crippen LogP contribution in [0.15, 0.2) is 16.7 Å². The van der Waals surface area contributed by atoms with Crippen molar-refractivity contribution in [3.63, 3.8) is 0 Å². The molecule has 0 saturated carbocycles. The first kappa shape index (κ1) is 18.6. The van der Waals surface area contributed by atoms with Crippen LogP contribution < -0.4 is 4.74 Å². The van der Waals surface area contributed by atoms with E-state index >= 15 is 0 Å². The summed E-state index contributed by atoms with van der Waals surface area (Å²) in [5, 5.41) is 18.0. The highest BCUT2D eigenvalue weighted by atomic mass is 35.5. The van der Waals surface area contributed by atoms with Gasteiger partial charge in [-0.15, -0.1) is 10.2 Å². The number of carbonyl (C=O) groups excluding carboxylic acids is 1. The van der Waals surface area contributed by atoms with Crippen molar-refractivity contribution in [3.05, 3.63) is 34.6 Å². The van der Waals surface area contributed by atoms with Crippen LogP contribution in [0.25, 0.3) is 0 Å². The van der Waals surface area contributed by atoms with Crippen molar-refractivity contribution in [2.24, 2.45) is 5.92 Å². The monoisotopic (exact) mass is 380 g/mol. The predicted octanol–water partition coefficient (Wildman–Crippen LogP) is 2.41. The van der Waals surface area contributed by atoms with Crippen molar-refractivity contribution in [1.82, 2.24) is 20.1 Å². The van der Waals surface area contributed by atoms with Gasteiger partial charge in [-0.3, -0.25) is 4.79 Å². The molecule has 1 amide bonds. The van der Waals surface area contributed by atoms with Crippen molar-refractivity contribution in [1.29, 1.82) is 0 Å². The Kier molecular flexibility index (Phi) is 5.43. The van der Waals surface area contributed by atoms with Crippen LogP contribution in [0.2, 0.25) is 5.02 Å². The molecule has 0 aromatic carbocycles. The summed E-state index contributed by atoms with van der Waals surface area (Å²) >= 11 is 6.20. The molecule has 2 atom stereocenters. The van der Waals surface area contributed by atoms with Crippen LogP contribution in [-0.4, -0.2) is 50.4 Å². The Labute approximate surface area is 156 Å². The van der Waals surface area contributed by atoms with Gasteiger partial charge in [0.25, 0.3) is 5.91 Å². The average molecular weight is 381 g/mol. The minimum Gasteiger partial charge on any atom is -0.476 e. The first-order valence-corrected chi connectivity index (χ1v) is 8.80. The van der Waals surface area contributed by atoms with E-state index in [2.05, 4.69) is 15.2 Å². The number of aromatic nitrogens is 3. The van der Waals surface area contributed by atoms with Crippen LogP contribution in [0, 0.1) is 12.8 Å². The van der Waals surface area contributed by atoms with Gasteiger partial charge in [-0.05, 0) is 12.0 Å². The van der Waals surface area contributed by atoms with Gasteiger partial charge < -0.3 is 19.2 Å². The van der Waals surface area contributed by atoms with Gasteiger partial charge in [0, 0.05) is 26.1 Å². The summed E-state index contributed by atoms with van der Waals surface area (Å²) in [6, 6.07) is 1.04. The van der Waals surface area contributed by atoms with Crippen LogP contribution in [-0.2, 0) is 0 Å². The molecule has 1 aliphatic rings. The summed E-state index contributed by atoms with van der Waals surface area (Å²) in [6.45, 7) is 6.37. The number of ether oxygens (including phenoxy) is 1. The Bertz CT molecular complexity index is 795. The van der Waals surface area contributed by atoms with E-state index in [-0.39, 0.29) is 17.5 Å². The molecule has 0 aliphatic carbocycles. The van der Waals surface area contributed by atoms with E-state index in [0.717, 1.165) is 0 Å². The van der Waals surface area contributed by atoms with E-state index in [1.807, 2.05) is 13.8 Å². The van der Waals surface area contributed by atoms with Crippen molar-refractivity contribution in [2.75, 3.05) is 13.2 Å². The quantitative estimate of drug-likeness (QED) is 0.849. The molecular weight excluding hydrogens is 360 g/mol. The number of pyridine rings is 1. The number of aliphatic hydroxyl groups is 1. The smallest absolute Gasteiger partial charge is 0.256 e. The molecule has 1 aliphatic heterocycles. The Morgan fingerprint density at radius 2 is 2.27 bits per heavy atom. The van der Waals surface area contributed by atoms with Gasteiger partial charge in [-0.25, -0.2) is 4.98 Å². The largest absolute Gasteiger partial charge is 0.476 e. The van der Waals surface area contributed by atoms with Crippen LogP contribution in [0.5, 0.6) is 5.88 Å². The lowest BCUT2D eigenvalue weighted by molar-refractivity contribution is 0.0697. The maximum absolute atomic E-state index is 12.9. The molecule has 0 spiro atoms. The highest BCUT2D eigenvalue weighted by molar-refractivity contribution is 6.32. The van der Waals surface area contributed by atoms with Gasteiger partial charge in [-0.2, -0.15) is 0 Å². The second-order valence-corrected chi connectivity index (χ2v) is 7.15. The zero-order valence-electron chi connectivity index (χ0n) is 14.8. The zero-order valence-corrected chi connectivity index (χ0v) is 15.6. The van der Waals surface area contributed by atoms with Gasteiger partial charge in [0.15, 0.2) is 0 Å². The first-order chi connectivity index (χ1) is 12.3. The molecule has 0 unspecified atom stereocenters. The number of amides is 1. The third-order valence-electron chi connectivity index (χ3n) is 3.97. The summed E-state index contributed by atoms with van der Waals surface area (Å²) in [7, 11) is 0. The van der Waals surface area contributed by atoms with Crippen molar-refractivity contribution < 1.29 is 19.1 Å². The summed E-state index contributed by atoms with van der Waals surface area (Å²) in [5.74, 6) is 1.03. The number of halogens is 1. The number of aryl methyl sites for hydroxylation is 1. The fraction of sp³-hybridized carbons (Fsp3) is 0.529. The van der Waals surface area contributed by atoms with Crippen molar-refractivity contribution in [2.45, 2.75) is 39.3 Å². The maximum Gasteiger partial charge on any atom is 0.256 e. The van der Waals surface area contributed by atoms with E-state index in [4.69, 9.17) is 20.8 Å². The van der Waals surface area contributed by atoms with Gasteiger partial charge in [-0.1, -0.05) is 25.4 Å². The highest BCUT2D eigenvalue weighted by Crippen LogP contribution is 2.33. The molecule has 3 rings (SSSR count). The average Bonchev–Trinajstić information content (AvgIpc) is 3.18.